The van der Waals surface area contributed by atoms with Gasteiger partial charge < -0.3 is 15.4 Å². The number of rotatable bonds is 2. The molecule has 0 saturated heterocycles. The highest BCUT2D eigenvalue weighted by Crippen LogP contribution is 2.15. The van der Waals surface area contributed by atoms with E-state index in [0.29, 0.717) is 5.82 Å². The Balaban J connectivity index is 2.31. The Kier molecular flexibility index (Phi) is 2.29. The number of aromatic amines is 1. The topological polar surface area (TPSA) is 78.0 Å². The van der Waals surface area contributed by atoms with Crippen LogP contribution in [-0.2, 0) is 6.54 Å². The molecule has 1 amide bonds. The van der Waals surface area contributed by atoms with Gasteiger partial charge >= 0.3 is 6.09 Å². The number of carboxylic acid groups (broad SMARTS) is 1. The van der Waals surface area contributed by atoms with Crippen molar-refractivity contribution in [3.05, 3.63) is 29.6 Å². The second kappa shape index (κ2) is 3.61. The first-order chi connectivity index (χ1) is 7.16. The van der Waals surface area contributed by atoms with Crippen LogP contribution in [0.5, 0.6) is 0 Å². The van der Waals surface area contributed by atoms with Gasteiger partial charge in [0.1, 0.15) is 5.82 Å². The van der Waals surface area contributed by atoms with E-state index in [9.17, 15) is 4.79 Å². The monoisotopic (exact) mass is 205 g/mol. The normalized spacial score (nSPS) is 10.5. The number of para-hydroxylation sites is 1. The molecule has 0 fully saturated rings. The minimum atomic E-state index is -1.05. The Morgan fingerprint density at radius 3 is 3.07 bits per heavy atom. The maximum atomic E-state index is 10.3. The highest BCUT2D eigenvalue weighted by atomic mass is 16.4. The Labute approximate surface area is 86.1 Å². The van der Waals surface area contributed by atoms with E-state index in [-0.39, 0.29) is 6.54 Å². The van der Waals surface area contributed by atoms with E-state index in [1.165, 1.54) is 0 Å². The molecule has 2 aromatic rings. The van der Waals surface area contributed by atoms with E-state index in [2.05, 4.69) is 15.3 Å². The summed E-state index contributed by atoms with van der Waals surface area (Å²) in [5.41, 5.74) is 2.92. The van der Waals surface area contributed by atoms with Crippen LogP contribution in [0, 0.1) is 6.92 Å². The van der Waals surface area contributed by atoms with Crippen LogP contribution in [0.3, 0.4) is 0 Å². The van der Waals surface area contributed by atoms with Gasteiger partial charge in [0, 0.05) is 0 Å². The molecule has 5 heteroatoms. The summed E-state index contributed by atoms with van der Waals surface area (Å²) in [5, 5.41) is 10.7. The van der Waals surface area contributed by atoms with Crippen LogP contribution in [0.1, 0.15) is 11.4 Å². The zero-order valence-electron chi connectivity index (χ0n) is 8.24. The van der Waals surface area contributed by atoms with E-state index in [1.54, 1.807) is 0 Å². The van der Waals surface area contributed by atoms with Crippen LogP contribution in [0.2, 0.25) is 0 Å². The molecule has 0 spiro atoms. The highest BCUT2D eigenvalue weighted by molar-refractivity contribution is 5.78. The molecule has 15 heavy (non-hydrogen) atoms. The van der Waals surface area contributed by atoms with Gasteiger partial charge in [-0.05, 0) is 18.6 Å². The van der Waals surface area contributed by atoms with Gasteiger partial charge in [-0.25, -0.2) is 9.78 Å². The molecular weight excluding hydrogens is 194 g/mol. The van der Waals surface area contributed by atoms with Gasteiger partial charge in [-0.1, -0.05) is 12.1 Å². The molecule has 1 heterocycles. The summed E-state index contributed by atoms with van der Waals surface area (Å²) in [4.78, 5) is 17.6. The van der Waals surface area contributed by atoms with Crippen molar-refractivity contribution in [2.24, 2.45) is 0 Å². The average Bonchev–Trinajstić information content (AvgIpc) is 2.59. The van der Waals surface area contributed by atoms with Crippen molar-refractivity contribution in [2.75, 3.05) is 0 Å². The molecule has 0 aliphatic rings. The number of amides is 1. The smallest absolute Gasteiger partial charge is 0.405 e. The number of H-pyrrole nitrogens is 1. The van der Waals surface area contributed by atoms with Crippen molar-refractivity contribution >= 4 is 17.1 Å². The molecule has 0 bridgehead atoms. The van der Waals surface area contributed by atoms with Gasteiger partial charge in [-0.3, -0.25) is 0 Å². The number of hydrogen-bond acceptors (Lipinski definition) is 2. The summed E-state index contributed by atoms with van der Waals surface area (Å²) in [5.74, 6) is 0.627. The minimum Gasteiger partial charge on any atom is -0.465 e. The van der Waals surface area contributed by atoms with Crippen molar-refractivity contribution < 1.29 is 9.90 Å². The molecule has 3 N–H and O–H groups in total. The summed E-state index contributed by atoms with van der Waals surface area (Å²) in [6.45, 7) is 2.18. The van der Waals surface area contributed by atoms with Crippen LogP contribution in [-0.4, -0.2) is 21.2 Å². The standard InChI is InChI=1S/C10H11N3O2/c1-6-3-2-4-7-9(6)13-8(12-7)5-11-10(14)15/h2-4,11H,5H2,1H3,(H,12,13)(H,14,15). The van der Waals surface area contributed by atoms with E-state index in [4.69, 9.17) is 5.11 Å². The van der Waals surface area contributed by atoms with Crippen LogP contribution in [0.4, 0.5) is 4.79 Å². The molecule has 0 saturated carbocycles. The second-order valence-corrected chi connectivity index (χ2v) is 3.31. The number of fused-ring (bicyclic) bond motifs is 1. The number of aromatic nitrogens is 2. The quantitative estimate of drug-likeness (QED) is 0.697. The zero-order chi connectivity index (χ0) is 10.8. The van der Waals surface area contributed by atoms with E-state index in [0.717, 1.165) is 16.6 Å². The molecule has 5 nitrogen and oxygen atoms in total. The maximum absolute atomic E-state index is 10.3. The van der Waals surface area contributed by atoms with Crippen LogP contribution in [0.15, 0.2) is 18.2 Å². The molecule has 0 unspecified atom stereocenters. The fourth-order valence-electron chi connectivity index (χ4n) is 1.47. The fraction of sp³-hybridized carbons (Fsp3) is 0.200. The zero-order valence-corrected chi connectivity index (χ0v) is 8.24. The molecule has 0 aliphatic carbocycles. The number of aryl methyl sites for hydroxylation is 1. The predicted octanol–water partition coefficient (Wildman–Crippen LogP) is 1.64. The lowest BCUT2D eigenvalue weighted by Gasteiger charge is -1.95. The Morgan fingerprint density at radius 2 is 2.40 bits per heavy atom. The number of benzene rings is 1. The van der Waals surface area contributed by atoms with Gasteiger partial charge in [0.25, 0.3) is 0 Å². The van der Waals surface area contributed by atoms with Gasteiger partial charge in [-0.2, -0.15) is 0 Å². The number of hydrogen-bond donors (Lipinski definition) is 3. The fourth-order valence-corrected chi connectivity index (χ4v) is 1.47. The highest BCUT2D eigenvalue weighted by Gasteiger charge is 2.04. The van der Waals surface area contributed by atoms with E-state index in [1.807, 2.05) is 25.1 Å². The second-order valence-electron chi connectivity index (χ2n) is 3.31. The first kappa shape index (κ1) is 9.51. The number of nitrogens with zero attached hydrogens (tertiary/aromatic N) is 1. The Morgan fingerprint density at radius 1 is 1.60 bits per heavy atom. The SMILES string of the molecule is Cc1cccc2nc(CNC(=O)O)[nH]c12. The molecule has 78 valence electrons. The Bertz CT molecular complexity index is 504. The van der Waals surface area contributed by atoms with Crippen LogP contribution in [0.25, 0.3) is 11.0 Å². The molecule has 1 aromatic heterocycles. The molecular formula is C10H11N3O2. The summed E-state index contributed by atoms with van der Waals surface area (Å²) < 4.78 is 0. The van der Waals surface area contributed by atoms with Crippen LogP contribution < -0.4 is 5.32 Å². The van der Waals surface area contributed by atoms with Crippen LogP contribution >= 0.6 is 0 Å². The summed E-state index contributed by atoms with van der Waals surface area (Å²) >= 11 is 0. The van der Waals surface area contributed by atoms with E-state index < -0.39 is 6.09 Å². The minimum absolute atomic E-state index is 0.198. The third-order valence-corrected chi connectivity index (χ3v) is 2.18. The lowest BCUT2D eigenvalue weighted by molar-refractivity contribution is 0.193. The molecule has 1 aromatic carbocycles. The number of carbonyl (C=O) groups is 1. The van der Waals surface area contributed by atoms with Gasteiger partial charge in [0.15, 0.2) is 0 Å². The summed E-state index contributed by atoms with van der Waals surface area (Å²) in [6, 6.07) is 5.80. The van der Waals surface area contributed by atoms with Crippen molar-refractivity contribution in [2.45, 2.75) is 13.5 Å². The summed E-state index contributed by atoms with van der Waals surface area (Å²) in [7, 11) is 0. The average molecular weight is 205 g/mol. The third-order valence-electron chi connectivity index (χ3n) is 2.18. The first-order valence-electron chi connectivity index (χ1n) is 4.58. The third kappa shape index (κ3) is 1.90. The molecule has 0 atom stereocenters. The van der Waals surface area contributed by atoms with E-state index >= 15 is 0 Å². The summed E-state index contributed by atoms with van der Waals surface area (Å²) in [6.07, 6.45) is -1.05. The van der Waals surface area contributed by atoms with Crippen molar-refractivity contribution in [3.8, 4) is 0 Å². The molecule has 2 rings (SSSR count). The largest absolute Gasteiger partial charge is 0.465 e. The van der Waals surface area contributed by atoms with Crippen molar-refractivity contribution in [1.29, 1.82) is 0 Å². The van der Waals surface area contributed by atoms with Gasteiger partial charge in [0.05, 0.1) is 17.6 Å². The van der Waals surface area contributed by atoms with Gasteiger partial charge in [-0.15, -0.1) is 0 Å². The van der Waals surface area contributed by atoms with Gasteiger partial charge in [0.2, 0.25) is 0 Å². The number of nitrogens with one attached hydrogen (secondary N) is 2. The van der Waals surface area contributed by atoms with Crippen molar-refractivity contribution in [1.82, 2.24) is 15.3 Å². The molecule has 0 aliphatic heterocycles. The first-order valence-corrected chi connectivity index (χ1v) is 4.58. The Hall–Kier alpha value is -2.04. The lowest BCUT2D eigenvalue weighted by Crippen LogP contribution is -2.20. The van der Waals surface area contributed by atoms with Crippen molar-refractivity contribution in [3.63, 3.8) is 0 Å². The maximum Gasteiger partial charge on any atom is 0.405 e. The number of imidazole rings is 1. The predicted molar refractivity (Wildman–Crippen MR) is 55.7 cm³/mol. The lowest BCUT2D eigenvalue weighted by atomic mass is 10.2. The molecule has 0 radical (unpaired) electrons.